The maximum atomic E-state index is 13.0. The van der Waals surface area contributed by atoms with E-state index in [-0.39, 0.29) is 49.6 Å². The van der Waals surface area contributed by atoms with Gasteiger partial charge < -0.3 is 9.47 Å². The molecule has 0 aromatic heterocycles. The summed E-state index contributed by atoms with van der Waals surface area (Å²) in [7, 11) is -7.03. The maximum Gasteiger partial charge on any atom is 0.206 e. The SMILES string of the molecule is CCS(=O)(=O)C[C@@H](C)COc1c(Cl)cc(S(=O)(=O)c2ccc(OCCCCl)cc2)cc1Cl. The molecule has 0 radical (unpaired) electrons. The van der Waals surface area contributed by atoms with Crippen molar-refractivity contribution >= 4 is 54.5 Å². The summed E-state index contributed by atoms with van der Waals surface area (Å²) in [5.41, 5.74) is 0. The molecule has 0 spiro atoms. The lowest BCUT2D eigenvalue weighted by Crippen LogP contribution is -2.21. The fourth-order valence-corrected chi connectivity index (χ4v) is 6.10. The van der Waals surface area contributed by atoms with Crippen molar-refractivity contribution in [2.45, 2.75) is 30.1 Å². The van der Waals surface area contributed by atoms with Crippen LogP contribution < -0.4 is 9.47 Å². The highest BCUT2D eigenvalue weighted by molar-refractivity contribution is 7.91. The third-order valence-electron chi connectivity index (χ3n) is 4.45. The van der Waals surface area contributed by atoms with Crippen molar-refractivity contribution in [3.63, 3.8) is 0 Å². The van der Waals surface area contributed by atoms with Crippen LogP contribution in [0, 0.1) is 5.92 Å². The van der Waals surface area contributed by atoms with Crippen molar-refractivity contribution in [3.05, 3.63) is 46.4 Å². The van der Waals surface area contributed by atoms with Crippen LogP contribution in [0.1, 0.15) is 20.3 Å². The number of sulfone groups is 2. The van der Waals surface area contributed by atoms with Crippen molar-refractivity contribution in [2.24, 2.45) is 5.92 Å². The van der Waals surface area contributed by atoms with Gasteiger partial charge in [0.1, 0.15) is 15.6 Å². The van der Waals surface area contributed by atoms with Gasteiger partial charge in [-0.05, 0) is 42.8 Å². The smallest absolute Gasteiger partial charge is 0.206 e. The summed E-state index contributed by atoms with van der Waals surface area (Å²) in [5, 5.41) is 0.0327. The van der Waals surface area contributed by atoms with E-state index in [4.69, 9.17) is 44.3 Å². The van der Waals surface area contributed by atoms with Crippen LogP contribution in [0.3, 0.4) is 0 Å². The van der Waals surface area contributed by atoms with E-state index in [0.717, 1.165) is 0 Å². The van der Waals surface area contributed by atoms with Crippen LogP contribution in [0.2, 0.25) is 10.0 Å². The Morgan fingerprint density at radius 3 is 2.06 bits per heavy atom. The first-order valence-electron chi connectivity index (χ1n) is 9.86. The molecule has 0 bridgehead atoms. The van der Waals surface area contributed by atoms with Gasteiger partial charge in [0.15, 0.2) is 5.75 Å². The second-order valence-corrected chi connectivity index (χ2v) is 12.7. The van der Waals surface area contributed by atoms with Gasteiger partial charge in [-0.15, -0.1) is 11.6 Å². The molecule has 0 aliphatic rings. The van der Waals surface area contributed by atoms with Gasteiger partial charge in [0.25, 0.3) is 0 Å². The number of hydrogen-bond acceptors (Lipinski definition) is 6. The molecule has 2 aromatic carbocycles. The third-order valence-corrected chi connectivity index (χ3v) is 8.99. The molecule has 0 fully saturated rings. The van der Waals surface area contributed by atoms with Crippen molar-refractivity contribution in [3.8, 4) is 11.5 Å². The fraction of sp³-hybridized carbons (Fsp3) is 0.429. The Labute approximate surface area is 204 Å². The van der Waals surface area contributed by atoms with Gasteiger partial charge in [-0.1, -0.05) is 37.0 Å². The molecular weight excluding hydrogens is 519 g/mol. The summed E-state index contributed by atoms with van der Waals surface area (Å²) in [4.78, 5) is -0.0290. The minimum absolute atomic E-state index is 0.0163. The zero-order valence-corrected chi connectivity index (χ0v) is 21.6. The van der Waals surface area contributed by atoms with E-state index >= 15 is 0 Å². The Balaban J connectivity index is 2.17. The monoisotopic (exact) mass is 542 g/mol. The van der Waals surface area contributed by atoms with Gasteiger partial charge in [-0.25, -0.2) is 16.8 Å². The highest BCUT2D eigenvalue weighted by Gasteiger charge is 2.22. The van der Waals surface area contributed by atoms with E-state index in [1.165, 1.54) is 24.3 Å². The summed E-state index contributed by atoms with van der Waals surface area (Å²) >= 11 is 18.1. The molecule has 2 rings (SSSR count). The molecule has 6 nitrogen and oxygen atoms in total. The molecule has 0 unspecified atom stereocenters. The predicted molar refractivity (Wildman–Crippen MR) is 128 cm³/mol. The molecule has 11 heteroatoms. The Morgan fingerprint density at radius 1 is 0.938 bits per heavy atom. The first-order valence-corrected chi connectivity index (χ1v) is 14.5. The Hall–Kier alpha value is -1.19. The van der Waals surface area contributed by atoms with E-state index < -0.39 is 19.7 Å². The van der Waals surface area contributed by atoms with Gasteiger partial charge >= 0.3 is 0 Å². The molecule has 0 aliphatic carbocycles. The molecule has 0 heterocycles. The van der Waals surface area contributed by atoms with Gasteiger partial charge in [-0.3, -0.25) is 0 Å². The second kappa shape index (κ2) is 11.8. The van der Waals surface area contributed by atoms with Gasteiger partial charge in [0.2, 0.25) is 9.84 Å². The van der Waals surface area contributed by atoms with Crippen molar-refractivity contribution < 1.29 is 26.3 Å². The number of benzene rings is 2. The highest BCUT2D eigenvalue weighted by atomic mass is 35.5. The topological polar surface area (TPSA) is 86.7 Å². The molecule has 1 atom stereocenters. The van der Waals surface area contributed by atoms with Gasteiger partial charge in [-0.2, -0.15) is 0 Å². The molecular formula is C21H25Cl3O6S2. The normalized spacial score (nSPS) is 13.0. The molecule has 0 N–H and O–H groups in total. The van der Waals surface area contributed by atoms with Crippen LogP contribution in [0.5, 0.6) is 11.5 Å². The highest BCUT2D eigenvalue weighted by Crippen LogP contribution is 2.37. The van der Waals surface area contributed by atoms with Crippen LogP contribution in [-0.4, -0.2) is 47.4 Å². The van der Waals surface area contributed by atoms with E-state index in [1.807, 2.05) is 0 Å². The quantitative estimate of drug-likeness (QED) is 0.267. The zero-order valence-electron chi connectivity index (χ0n) is 17.7. The van der Waals surface area contributed by atoms with Crippen LogP contribution in [-0.2, 0) is 19.7 Å². The van der Waals surface area contributed by atoms with E-state index in [2.05, 4.69) is 0 Å². The lowest BCUT2D eigenvalue weighted by Gasteiger charge is -2.16. The Bertz CT molecular complexity index is 1090. The largest absolute Gasteiger partial charge is 0.494 e. The third kappa shape index (κ3) is 7.42. The molecule has 0 saturated carbocycles. The predicted octanol–water partition coefficient (Wildman–Crippen LogP) is 5.28. The summed E-state index contributed by atoms with van der Waals surface area (Å²) in [5.74, 6) is 0.845. The van der Waals surface area contributed by atoms with E-state index in [9.17, 15) is 16.8 Å². The lowest BCUT2D eigenvalue weighted by molar-refractivity contribution is 0.272. The Morgan fingerprint density at radius 2 is 1.53 bits per heavy atom. The van der Waals surface area contributed by atoms with Crippen LogP contribution >= 0.6 is 34.8 Å². The van der Waals surface area contributed by atoms with Crippen LogP contribution in [0.15, 0.2) is 46.2 Å². The molecule has 2 aromatic rings. The average Bonchev–Trinajstić information content (AvgIpc) is 2.73. The van der Waals surface area contributed by atoms with E-state index in [1.54, 1.807) is 26.0 Å². The second-order valence-electron chi connectivity index (χ2n) is 7.20. The van der Waals surface area contributed by atoms with E-state index in [0.29, 0.717) is 24.7 Å². The van der Waals surface area contributed by atoms with Crippen molar-refractivity contribution in [2.75, 3.05) is 30.6 Å². The first kappa shape index (κ1) is 27.1. The van der Waals surface area contributed by atoms with Crippen molar-refractivity contribution in [1.82, 2.24) is 0 Å². The summed E-state index contributed by atoms with van der Waals surface area (Å²) in [6.07, 6.45) is 0.681. The molecule has 0 saturated heterocycles. The Kier molecular flexibility index (Phi) is 9.97. The number of halogens is 3. The summed E-state index contributed by atoms with van der Waals surface area (Å²) < 4.78 is 60.6. The van der Waals surface area contributed by atoms with Crippen LogP contribution in [0.25, 0.3) is 0 Å². The summed E-state index contributed by atoms with van der Waals surface area (Å²) in [6.45, 7) is 3.82. The summed E-state index contributed by atoms with van der Waals surface area (Å²) in [6, 6.07) is 8.52. The minimum atomic E-state index is -3.88. The van der Waals surface area contributed by atoms with Crippen molar-refractivity contribution in [1.29, 1.82) is 0 Å². The van der Waals surface area contributed by atoms with Gasteiger partial charge in [0, 0.05) is 17.6 Å². The average molecular weight is 544 g/mol. The maximum absolute atomic E-state index is 13.0. The number of ether oxygens (including phenoxy) is 2. The molecule has 0 amide bonds. The standard InChI is InChI=1S/C21H25Cl3O6S2/c1-3-31(25,26)14-15(2)13-30-21-19(23)11-18(12-20(21)24)32(27,28)17-7-5-16(6-8-17)29-10-4-9-22/h5-8,11-12,15H,3-4,9-10,13-14H2,1-2H3/t15-/m0/s1. The number of alkyl halides is 1. The fourth-order valence-electron chi connectivity index (χ4n) is 2.75. The molecule has 0 aliphatic heterocycles. The number of hydrogen-bond donors (Lipinski definition) is 0. The molecule has 178 valence electrons. The number of rotatable bonds is 12. The van der Waals surface area contributed by atoms with Crippen LogP contribution in [0.4, 0.5) is 0 Å². The van der Waals surface area contributed by atoms with Gasteiger partial charge in [0.05, 0.1) is 38.8 Å². The zero-order chi connectivity index (χ0) is 23.9. The minimum Gasteiger partial charge on any atom is -0.494 e. The molecule has 32 heavy (non-hydrogen) atoms. The first-order chi connectivity index (χ1) is 15.0. The lowest BCUT2D eigenvalue weighted by atomic mass is 10.2.